The number of fused-ring (bicyclic) bond motifs is 1. The number of hydrogen-bond acceptors (Lipinski definition) is 9. The highest BCUT2D eigenvalue weighted by Gasteiger charge is 2.26. The summed E-state index contributed by atoms with van der Waals surface area (Å²) in [5.41, 5.74) is 8.61. The van der Waals surface area contributed by atoms with E-state index in [1.54, 1.807) is 48.2 Å². The second-order valence-electron chi connectivity index (χ2n) is 11.1. The molecule has 1 saturated carbocycles. The van der Waals surface area contributed by atoms with E-state index in [4.69, 9.17) is 10.5 Å². The Morgan fingerprint density at radius 1 is 1.11 bits per heavy atom. The minimum Gasteiger partial charge on any atom is -0.494 e. The van der Waals surface area contributed by atoms with E-state index < -0.39 is 5.91 Å². The van der Waals surface area contributed by atoms with Crippen molar-refractivity contribution in [3.8, 4) is 11.6 Å². The van der Waals surface area contributed by atoms with Crippen LogP contribution in [0.15, 0.2) is 60.0 Å². The molecule has 2 heterocycles. The van der Waals surface area contributed by atoms with Crippen molar-refractivity contribution in [1.82, 2.24) is 24.0 Å². The maximum Gasteiger partial charge on any atom is 0.334 e. The summed E-state index contributed by atoms with van der Waals surface area (Å²) >= 11 is 0. The fraction of sp³-hybridized carbons (Fsp3) is 0.323. The van der Waals surface area contributed by atoms with Gasteiger partial charge in [0.05, 0.1) is 35.2 Å². The summed E-state index contributed by atoms with van der Waals surface area (Å²) in [6.07, 6.45) is 4.86. The number of nitrogens with two attached hydrogens (primary N) is 1. The highest BCUT2D eigenvalue weighted by Crippen LogP contribution is 2.38. The molecule has 0 spiro atoms. The van der Waals surface area contributed by atoms with Crippen molar-refractivity contribution < 1.29 is 14.3 Å². The van der Waals surface area contributed by atoms with E-state index in [0.29, 0.717) is 58.5 Å². The van der Waals surface area contributed by atoms with Crippen LogP contribution in [-0.4, -0.2) is 77.2 Å². The topological polar surface area (TPSA) is 153 Å². The lowest BCUT2D eigenvalue weighted by atomic mass is 10.2. The van der Waals surface area contributed by atoms with Gasteiger partial charge < -0.3 is 30.9 Å². The molecule has 44 heavy (non-hydrogen) atoms. The molecular weight excluding hydrogens is 562 g/mol. The predicted octanol–water partition coefficient (Wildman–Crippen LogP) is 2.97. The number of rotatable bonds is 13. The molecule has 0 saturated heterocycles. The predicted molar refractivity (Wildman–Crippen MR) is 171 cm³/mol. The number of carbonyl (C=O) groups is 2. The van der Waals surface area contributed by atoms with E-state index in [1.165, 1.54) is 10.6 Å². The summed E-state index contributed by atoms with van der Waals surface area (Å²) in [7, 11) is 7.48. The lowest BCUT2D eigenvalue weighted by Crippen LogP contribution is -2.29. The molecule has 2 amide bonds. The van der Waals surface area contributed by atoms with E-state index >= 15 is 0 Å². The first-order valence-electron chi connectivity index (χ1n) is 14.3. The van der Waals surface area contributed by atoms with Gasteiger partial charge in [0.15, 0.2) is 0 Å². The third-order valence-corrected chi connectivity index (χ3v) is 7.52. The first-order chi connectivity index (χ1) is 21.1. The van der Waals surface area contributed by atoms with Crippen molar-refractivity contribution in [2.24, 2.45) is 11.7 Å². The SMILES string of the molecule is C=CC(=O)Nc1cc(Nc2nccc(-n3c(=O)n(CC4CC4)c4cc(C(N)=O)ccc43)n2)c(OC)cc1N(C)CCN(C)C. The van der Waals surface area contributed by atoms with Gasteiger partial charge in [-0.3, -0.25) is 14.2 Å². The molecular formula is C31H37N9O4. The van der Waals surface area contributed by atoms with E-state index in [1.807, 2.05) is 32.1 Å². The Hall–Kier alpha value is -5.17. The van der Waals surface area contributed by atoms with Crippen LogP contribution < -0.4 is 31.7 Å². The molecule has 0 atom stereocenters. The van der Waals surface area contributed by atoms with Gasteiger partial charge in [0.2, 0.25) is 17.8 Å². The monoisotopic (exact) mass is 599 g/mol. The van der Waals surface area contributed by atoms with Crippen molar-refractivity contribution in [3.05, 3.63) is 71.3 Å². The summed E-state index contributed by atoms with van der Waals surface area (Å²) in [6.45, 7) is 5.62. The normalized spacial score (nSPS) is 12.8. The molecule has 230 valence electrons. The van der Waals surface area contributed by atoms with Gasteiger partial charge in [0, 0.05) is 50.6 Å². The molecule has 4 N–H and O–H groups in total. The van der Waals surface area contributed by atoms with Crippen LogP contribution in [0.3, 0.4) is 0 Å². The van der Waals surface area contributed by atoms with Crippen LogP contribution in [0.2, 0.25) is 0 Å². The van der Waals surface area contributed by atoms with Crippen LogP contribution >= 0.6 is 0 Å². The van der Waals surface area contributed by atoms with Crippen molar-refractivity contribution in [3.63, 3.8) is 0 Å². The average Bonchev–Trinajstić information content (AvgIpc) is 3.78. The van der Waals surface area contributed by atoms with Crippen LogP contribution in [0.25, 0.3) is 16.9 Å². The number of aromatic nitrogens is 4. The summed E-state index contributed by atoms with van der Waals surface area (Å²) in [6, 6.07) is 10.2. The Kier molecular flexibility index (Phi) is 8.67. The number of anilines is 4. The minimum atomic E-state index is -0.564. The van der Waals surface area contributed by atoms with Crippen LogP contribution in [0.5, 0.6) is 5.75 Å². The van der Waals surface area contributed by atoms with Gasteiger partial charge in [0.1, 0.15) is 11.6 Å². The molecule has 2 aromatic carbocycles. The quantitative estimate of drug-likeness (QED) is 0.197. The molecule has 1 aliphatic rings. The molecule has 0 bridgehead atoms. The zero-order valence-electron chi connectivity index (χ0n) is 25.3. The average molecular weight is 600 g/mol. The molecule has 1 fully saturated rings. The molecule has 2 aromatic heterocycles. The number of likely N-dealkylation sites (N-methyl/N-ethyl adjacent to an activating group) is 2. The van der Waals surface area contributed by atoms with Gasteiger partial charge in [0.25, 0.3) is 0 Å². The smallest absolute Gasteiger partial charge is 0.334 e. The second kappa shape index (κ2) is 12.6. The number of methoxy groups -OCH3 is 1. The van der Waals surface area contributed by atoms with Gasteiger partial charge in [-0.1, -0.05) is 6.58 Å². The van der Waals surface area contributed by atoms with Crippen molar-refractivity contribution in [2.45, 2.75) is 19.4 Å². The number of amides is 2. The van der Waals surface area contributed by atoms with Crippen molar-refractivity contribution in [2.75, 3.05) is 56.9 Å². The molecule has 0 radical (unpaired) electrons. The number of nitrogens with one attached hydrogen (secondary N) is 2. The maximum atomic E-state index is 13.7. The Balaban J connectivity index is 1.54. The Morgan fingerprint density at radius 2 is 1.89 bits per heavy atom. The minimum absolute atomic E-state index is 0.208. The standard InChI is InChI=1S/C31H37N9O4/c1-6-28(41)34-21-16-22(26(44-5)17-24(21)38(4)14-13-37(2)3)35-30-33-12-11-27(36-30)40-23-10-9-20(29(32)42)15-25(23)39(31(40)43)18-19-7-8-19/h6,9-12,15-17,19H,1,7-8,13-14,18H2,2-5H3,(H2,32,42)(H,34,41)(H,33,35,36). The largest absolute Gasteiger partial charge is 0.494 e. The zero-order valence-corrected chi connectivity index (χ0v) is 25.3. The number of primary amides is 1. The van der Waals surface area contributed by atoms with Gasteiger partial charge >= 0.3 is 5.69 Å². The molecule has 13 heteroatoms. The molecule has 1 aliphatic carbocycles. The van der Waals surface area contributed by atoms with Gasteiger partial charge in [-0.2, -0.15) is 4.98 Å². The maximum absolute atomic E-state index is 13.7. The number of imidazole rings is 1. The van der Waals surface area contributed by atoms with Crippen LogP contribution in [-0.2, 0) is 11.3 Å². The van der Waals surface area contributed by atoms with E-state index in [2.05, 4.69) is 32.1 Å². The van der Waals surface area contributed by atoms with Crippen molar-refractivity contribution >= 4 is 45.9 Å². The second-order valence-corrected chi connectivity index (χ2v) is 11.1. The fourth-order valence-electron chi connectivity index (χ4n) is 4.93. The van der Waals surface area contributed by atoms with Crippen LogP contribution in [0, 0.1) is 5.92 Å². The number of ether oxygens (including phenoxy) is 1. The van der Waals surface area contributed by atoms with Crippen LogP contribution in [0.1, 0.15) is 23.2 Å². The number of carbonyl (C=O) groups excluding carboxylic acids is 2. The molecule has 0 unspecified atom stereocenters. The molecule has 0 aliphatic heterocycles. The van der Waals surface area contributed by atoms with Gasteiger partial charge in [-0.05, 0) is 63.2 Å². The highest BCUT2D eigenvalue weighted by atomic mass is 16.5. The zero-order chi connectivity index (χ0) is 31.5. The third kappa shape index (κ3) is 6.42. The highest BCUT2D eigenvalue weighted by molar-refractivity contribution is 6.02. The van der Waals surface area contributed by atoms with Crippen molar-refractivity contribution in [1.29, 1.82) is 0 Å². The summed E-state index contributed by atoms with van der Waals surface area (Å²) < 4.78 is 8.89. The first kappa shape index (κ1) is 30.3. The molecule has 5 rings (SSSR count). The van der Waals surface area contributed by atoms with E-state index in [0.717, 1.165) is 25.1 Å². The summed E-state index contributed by atoms with van der Waals surface area (Å²) in [4.78, 5) is 51.1. The number of nitrogens with zero attached hydrogens (tertiary/aromatic N) is 6. The molecule has 13 nitrogen and oxygen atoms in total. The Bertz CT molecular complexity index is 1790. The number of benzene rings is 2. The summed E-state index contributed by atoms with van der Waals surface area (Å²) in [5.74, 6) is 0.547. The third-order valence-electron chi connectivity index (χ3n) is 7.52. The lowest BCUT2D eigenvalue weighted by molar-refractivity contribution is -0.111. The van der Waals surface area contributed by atoms with Crippen LogP contribution in [0.4, 0.5) is 23.0 Å². The first-order valence-corrected chi connectivity index (χ1v) is 14.3. The van der Waals surface area contributed by atoms with E-state index in [-0.39, 0.29) is 17.5 Å². The number of hydrogen-bond donors (Lipinski definition) is 3. The van der Waals surface area contributed by atoms with Gasteiger partial charge in [-0.15, -0.1) is 0 Å². The Morgan fingerprint density at radius 3 is 2.55 bits per heavy atom. The van der Waals surface area contributed by atoms with Gasteiger partial charge in [-0.25, -0.2) is 14.3 Å². The fourth-order valence-corrected chi connectivity index (χ4v) is 4.93. The summed E-state index contributed by atoms with van der Waals surface area (Å²) in [5, 5.41) is 6.06. The van der Waals surface area contributed by atoms with E-state index in [9.17, 15) is 14.4 Å². The molecule has 4 aromatic rings. The lowest BCUT2D eigenvalue weighted by Gasteiger charge is -2.26. The Labute approximate surface area is 254 Å².